The zero-order valence-electron chi connectivity index (χ0n) is 13.8. The number of rotatable bonds is 11. The predicted molar refractivity (Wildman–Crippen MR) is 72.9 cm³/mol. The van der Waals surface area contributed by atoms with Crippen LogP contribution in [0, 0.1) is 0 Å². The summed E-state index contributed by atoms with van der Waals surface area (Å²) in [6.45, 7) is 0.683. The van der Waals surface area contributed by atoms with E-state index in [2.05, 4.69) is 9.47 Å². The normalized spacial score (nSPS) is 16.7. The fourth-order valence-corrected chi connectivity index (χ4v) is 3.37. The zero-order chi connectivity index (χ0) is 21.7. The van der Waals surface area contributed by atoms with Gasteiger partial charge in [-0.15, -0.1) is 0 Å². The molecule has 0 saturated heterocycles. The van der Waals surface area contributed by atoms with Gasteiger partial charge in [-0.25, -0.2) is 0 Å². The van der Waals surface area contributed by atoms with Crippen molar-refractivity contribution in [3.63, 3.8) is 0 Å². The molecule has 1 atom stereocenters. The fraction of sp³-hybridized carbons (Fsp3) is 1.00. The monoisotopic (exact) mass is 460 g/mol. The van der Waals surface area contributed by atoms with Gasteiger partial charge in [-0.2, -0.15) is 48.3 Å². The Bertz CT molecular complexity index is 456. The van der Waals surface area contributed by atoms with Crippen LogP contribution in [0.5, 0.6) is 0 Å². The third-order valence-corrected chi connectivity index (χ3v) is 5.72. The first kappa shape index (κ1) is 26.5. The minimum atomic E-state index is -7.07. The molecule has 0 aromatic carbocycles. The van der Waals surface area contributed by atoms with E-state index in [0.717, 1.165) is 0 Å². The molecule has 3 nitrogen and oxygen atoms in total. The van der Waals surface area contributed by atoms with Gasteiger partial charge < -0.3 is 8.85 Å². The molecule has 1 unspecified atom stereocenters. The Morgan fingerprint density at radius 3 is 1.74 bits per heavy atom. The molecule has 0 aliphatic heterocycles. The van der Waals surface area contributed by atoms with Crippen molar-refractivity contribution in [2.45, 2.75) is 55.8 Å². The summed E-state index contributed by atoms with van der Waals surface area (Å²) in [5.74, 6) is -12.7. The Morgan fingerprint density at radius 2 is 1.33 bits per heavy atom. The second-order valence-corrected chi connectivity index (χ2v) is 9.21. The van der Waals surface area contributed by atoms with E-state index < -0.39 is 52.5 Å². The van der Waals surface area contributed by atoms with Crippen molar-refractivity contribution >= 4 is 18.8 Å². The van der Waals surface area contributed by atoms with Crippen LogP contribution in [0.25, 0.3) is 0 Å². The highest BCUT2D eigenvalue weighted by atomic mass is 28.3. The van der Waals surface area contributed by atoms with Crippen LogP contribution in [0.2, 0.25) is 19.1 Å². The van der Waals surface area contributed by atoms with Crippen LogP contribution >= 0.6 is 0 Å². The van der Waals surface area contributed by atoms with Crippen molar-refractivity contribution in [2.24, 2.45) is 0 Å². The maximum atomic E-state index is 13.7. The standard InChI is InChI=1S/C11H15F11O3Si2/c1-27(2)25-26-5-3-4-23-6-7(12,9(15,16)17)24-11(21,22)8(13,14)10(18,19)20/h27H,3-6H2,1-2H3. The third kappa shape index (κ3) is 7.47. The summed E-state index contributed by atoms with van der Waals surface area (Å²) in [4.78, 5) is 0. The van der Waals surface area contributed by atoms with E-state index in [1.807, 2.05) is 13.1 Å². The van der Waals surface area contributed by atoms with E-state index in [4.69, 9.17) is 4.12 Å². The Hall–Kier alpha value is -0.456. The SMILES string of the molecule is C[SiH](C)O[Si]CCCOCC(F)(OC(F)(F)C(F)(F)C(F)(F)F)C(F)(F)F. The Kier molecular flexibility index (Phi) is 9.20. The van der Waals surface area contributed by atoms with E-state index in [1.54, 1.807) is 0 Å². The van der Waals surface area contributed by atoms with Gasteiger partial charge in [0.15, 0.2) is 9.04 Å². The Morgan fingerprint density at radius 1 is 0.815 bits per heavy atom. The van der Waals surface area contributed by atoms with Gasteiger partial charge in [-0.3, -0.25) is 4.74 Å². The average Bonchev–Trinajstić information content (AvgIpc) is 2.42. The van der Waals surface area contributed by atoms with Crippen molar-refractivity contribution in [3.8, 4) is 0 Å². The molecule has 0 spiro atoms. The molecule has 162 valence electrons. The highest BCUT2D eigenvalue weighted by Gasteiger charge is 2.78. The number of ether oxygens (including phenoxy) is 2. The van der Waals surface area contributed by atoms with E-state index in [1.165, 1.54) is 0 Å². The lowest BCUT2D eigenvalue weighted by Gasteiger charge is -2.34. The van der Waals surface area contributed by atoms with Gasteiger partial charge >= 0.3 is 30.2 Å². The second kappa shape index (κ2) is 9.36. The van der Waals surface area contributed by atoms with Crippen LogP contribution in [0.4, 0.5) is 48.3 Å². The molecule has 0 aliphatic carbocycles. The van der Waals surface area contributed by atoms with Crippen LogP contribution in [0.3, 0.4) is 0 Å². The summed E-state index contributed by atoms with van der Waals surface area (Å²) in [5, 5.41) is 0. The van der Waals surface area contributed by atoms with Crippen molar-refractivity contribution in [3.05, 3.63) is 0 Å². The maximum Gasteiger partial charge on any atom is 0.462 e. The van der Waals surface area contributed by atoms with Crippen molar-refractivity contribution in [1.82, 2.24) is 0 Å². The fourth-order valence-electron chi connectivity index (χ4n) is 1.28. The minimum absolute atomic E-state index is 0.00258. The molecule has 27 heavy (non-hydrogen) atoms. The highest BCUT2D eigenvalue weighted by Crippen LogP contribution is 2.50. The third-order valence-electron chi connectivity index (χ3n) is 2.61. The van der Waals surface area contributed by atoms with E-state index >= 15 is 0 Å². The van der Waals surface area contributed by atoms with Crippen LogP contribution in [-0.4, -0.2) is 62.3 Å². The first-order valence-electron chi connectivity index (χ1n) is 7.12. The molecule has 16 heteroatoms. The second-order valence-electron chi connectivity index (χ2n) is 5.38. The van der Waals surface area contributed by atoms with Gasteiger partial charge in [-0.05, 0) is 25.6 Å². The molecule has 2 radical (unpaired) electrons. The first-order valence-corrected chi connectivity index (χ1v) is 11.0. The van der Waals surface area contributed by atoms with Crippen LogP contribution in [-0.2, 0) is 13.6 Å². The largest absolute Gasteiger partial charge is 0.462 e. The summed E-state index contributed by atoms with van der Waals surface area (Å²) in [6, 6.07) is 0.277. The first-order chi connectivity index (χ1) is 11.9. The van der Waals surface area contributed by atoms with E-state index in [9.17, 15) is 48.3 Å². The lowest BCUT2D eigenvalue weighted by atomic mass is 10.2. The van der Waals surface area contributed by atoms with Crippen molar-refractivity contribution in [1.29, 1.82) is 0 Å². The van der Waals surface area contributed by atoms with Gasteiger partial charge in [0.2, 0.25) is 9.76 Å². The quantitative estimate of drug-likeness (QED) is 0.259. The van der Waals surface area contributed by atoms with Crippen molar-refractivity contribution in [2.75, 3.05) is 13.2 Å². The smallest absolute Gasteiger partial charge is 0.459 e. The number of hydrogen-bond acceptors (Lipinski definition) is 3. The van der Waals surface area contributed by atoms with Gasteiger partial charge in [0, 0.05) is 6.61 Å². The average molecular weight is 460 g/mol. The molecule has 0 bridgehead atoms. The number of hydrogen-bond donors (Lipinski definition) is 0. The molecule has 0 aromatic rings. The molecule has 0 N–H and O–H groups in total. The summed E-state index contributed by atoms with van der Waals surface area (Å²) in [7, 11) is -1.37. The lowest BCUT2D eigenvalue weighted by molar-refractivity contribution is -0.486. The Labute approximate surface area is 150 Å². The molecule has 0 saturated carbocycles. The van der Waals surface area contributed by atoms with Gasteiger partial charge in [0.05, 0.1) is 0 Å². The lowest BCUT2D eigenvalue weighted by Crippen LogP contribution is -2.60. The summed E-state index contributed by atoms with van der Waals surface area (Å²) < 4.78 is 150. The zero-order valence-corrected chi connectivity index (χ0v) is 15.9. The molecule has 0 aliphatic rings. The molecule has 0 fully saturated rings. The number of alkyl halides is 11. The number of halogens is 11. The maximum absolute atomic E-state index is 13.7. The van der Waals surface area contributed by atoms with E-state index in [0.29, 0.717) is 0 Å². The minimum Gasteiger partial charge on any atom is -0.459 e. The van der Waals surface area contributed by atoms with Gasteiger partial charge in [0.1, 0.15) is 6.61 Å². The van der Waals surface area contributed by atoms with E-state index in [-0.39, 0.29) is 22.2 Å². The topological polar surface area (TPSA) is 27.7 Å². The molecular formula is C11H15F11O3Si2. The summed E-state index contributed by atoms with van der Waals surface area (Å²) >= 11 is 0. The molecular weight excluding hydrogens is 445 g/mol. The summed E-state index contributed by atoms with van der Waals surface area (Å²) in [5.41, 5.74) is 0. The van der Waals surface area contributed by atoms with Crippen LogP contribution in [0.1, 0.15) is 6.42 Å². The Balaban J connectivity index is 4.97. The highest BCUT2D eigenvalue weighted by molar-refractivity contribution is 6.56. The molecule has 0 amide bonds. The predicted octanol–water partition coefficient (Wildman–Crippen LogP) is 4.47. The van der Waals surface area contributed by atoms with Crippen LogP contribution < -0.4 is 0 Å². The van der Waals surface area contributed by atoms with Crippen LogP contribution in [0.15, 0.2) is 0 Å². The summed E-state index contributed by atoms with van der Waals surface area (Å²) in [6.07, 6.45) is -20.2. The van der Waals surface area contributed by atoms with Gasteiger partial charge in [-0.1, -0.05) is 0 Å². The molecule has 0 heterocycles. The molecule has 0 rings (SSSR count). The van der Waals surface area contributed by atoms with Crippen molar-refractivity contribution < 1.29 is 61.9 Å². The molecule has 0 aromatic heterocycles. The van der Waals surface area contributed by atoms with Gasteiger partial charge in [0.25, 0.3) is 0 Å².